The minimum atomic E-state index is -4.16. The first kappa shape index (κ1) is 31.2. The third kappa shape index (κ3) is 7.43. The maximum atomic E-state index is 14.1. The van der Waals surface area contributed by atoms with Crippen molar-refractivity contribution in [1.82, 2.24) is 10.2 Å². The molecule has 0 radical (unpaired) electrons. The molecule has 0 aromatic heterocycles. The van der Waals surface area contributed by atoms with Crippen LogP contribution in [0.5, 0.6) is 0 Å². The summed E-state index contributed by atoms with van der Waals surface area (Å²) in [5.74, 6) is -0.757. The second-order valence-electron chi connectivity index (χ2n) is 9.93. The average molecular weight is 584 g/mol. The lowest BCUT2D eigenvalue weighted by atomic mass is 10.1. The van der Waals surface area contributed by atoms with E-state index in [1.54, 1.807) is 37.3 Å². The van der Waals surface area contributed by atoms with Crippen molar-refractivity contribution in [2.45, 2.75) is 64.9 Å². The van der Waals surface area contributed by atoms with Crippen LogP contribution in [0.25, 0.3) is 0 Å². The zero-order valence-electron chi connectivity index (χ0n) is 23.8. The Hall–Kier alpha value is -3.36. The topological polar surface area (TPSA) is 86.8 Å². The summed E-state index contributed by atoms with van der Waals surface area (Å²) in [6, 6.07) is 18.4. The summed E-state index contributed by atoms with van der Waals surface area (Å²) in [6.45, 7) is 9.49. The molecule has 0 saturated heterocycles. The molecule has 9 heteroatoms. The van der Waals surface area contributed by atoms with Gasteiger partial charge in [0.2, 0.25) is 11.8 Å². The molecule has 0 spiro atoms. The molecule has 3 aromatic rings. The molecule has 1 N–H and O–H groups in total. The van der Waals surface area contributed by atoms with Crippen LogP contribution >= 0.6 is 11.6 Å². The second-order valence-corrected chi connectivity index (χ2v) is 12.2. The van der Waals surface area contributed by atoms with Crippen LogP contribution in [-0.4, -0.2) is 44.3 Å². The van der Waals surface area contributed by atoms with Crippen LogP contribution < -0.4 is 9.62 Å². The summed E-state index contributed by atoms with van der Waals surface area (Å²) >= 11 is 6.39. The van der Waals surface area contributed by atoms with Gasteiger partial charge in [0, 0.05) is 18.1 Å². The number of benzene rings is 3. The number of amides is 2. The van der Waals surface area contributed by atoms with Gasteiger partial charge in [-0.15, -0.1) is 0 Å². The van der Waals surface area contributed by atoms with Gasteiger partial charge in [0.1, 0.15) is 12.6 Å². The molecule has 214 valence electrons. The monoisotopic (exact) mass is 583 g/mol. The van der Waals surface area contributed by atoms with Gasteiger partial charge >= 0.3 is 0 Å². The van der Waals surface area contributed by atoms with Gasteiger partial charge in [-0.3, -0.25) is 13.9 Å². The first-order valence-electron chi connectivity index (χ1n) is 13.5. The van der Waals surface area contributed by atoms with Crippen molar-refractivity contribution in [3.8, 4) is 0 Å². The van der Waals surface area contributed by atoms with Crippen molar-refractivity contribution in [3.05, 3.63) is 94.0 Å². The number of sulfonamides is 1. The molecule has 3 aromatic carbocycles. The number of hydrogen-bond acceptors (Lipinski definition) is 4. The van der Waals surface area contributed by atoms with E-state index < -0.39 is 28.5 Å². The molecule has 0 fully saturated rings. The molecule has 0 aliphatic carbocycles. The Labute approximate surface area is 243 Å². The largest absolute Gasteiger partial charge is 0.354 e. The second kappa shape index (κ2) is 13.8. The minimum absolute atomic E-state index is 0.0586. The van der Waals surface area contributed by atoms with Gasteiger partial charge in [-0.1, -0.05) is 79.0 Å². The van der Waals surface area contributed by atoms with Crippen LogP contribution in [0.4, 0.5) is 5.69 Å². The number of nitrogens with zero attached hydrogens (tertiary/aromatic N) is 2. The van der Waals surface area contributed by atoms with Crippen LogP contribution in [0.3, 0.4) is 0 Å². The van der Waals surface area contributed by atoms with E-state index in [0.717, 1.165) is 27.4 Å². The fraction of sp³-hybridized carbons (Fsp3) is 0.355. The third-order valence-electron chi connectivity index (χ3n) is 6.77. The van der Waals surface area contributed by atoms with E-state index in [9.17, 15) is 18.0 Å². The Balaban J connectivity index is 2.10. The molecule has 0 saturated carbocycles. The number of nitrogens with one attached hydrogen (secondary N) is 1. The fourth-order valence-electron chi connectivity index (χ4n) is 4.51. The van der Waals surface area contributed by atoms with Crippen molar-refractivity contribution in [1.29, 1.82) is 0 Å². The lowest BCUT2D eigenvalue weighted by Crippen LogP contribution is -2.52. The molecular weight excluding hydrogens is 546 g/mol. The van der Waals surface area contributed by atoms with Crippen molar-refractivity contribution in [2.75, 3.05) is 17.4 Å². The molecule has 0 bridgehead atoms. The molecule has 40 heavy (non-hydrogen) atoms. The molecular formula is C31H38ClN3O4S. The van der Waals surface area contributed by atoms with E-state index in [0.29, 0.717) is 29.2 Å². The van der Waals surface area contributed by atoms with Gasteiger partial charge in [0.25, 0.3) is 10.0 Å². The van der Waals surface area contributed by atoms with E-state index in [-0.39, 0.29) is 17.3 Å². The number of hydrogen-bond donors (Lipinski definition) is 1. The normalized spacial score (nSPS) is 12.1. The summed E-state index contributed by atoms with van der Waals surface area (Å²) in [7, 11) is -4.16. The molecule has 1 atom stereocenters. The molecule has 0 aliphatic rings. The van der Waals surface area contributed by atoms with Crippen molar-refractivity contribution < 1.29 is 18.0 Å². The zero-order chi connectivity index (χ0) is 29.4. The standard InChI is InChI=1S/C31H38ClN3O4S/c1-6-18-33-31(37)28(7-2)34(20-25-11-8-10-23(4)19-25)30(36)21-35(29-13-9-12-27(32)24(29)5)40(38,39)26-16-14-22(3)15-17-26/h8-17,19,28H,6-7,18,20-21H2,1-5H3,(H,33,37). The van der Waals surface area contributed by atoms with Gasteiger partial charge in [-0.05, 0) is 69.0 Å². The lowest BCUT2D eigenvalue weighted by Gasteiger charge is -2.33. The van der Waals surface area contributed by atoms with Crippen LogP contribution in [-0.2, 0) is 26.2 Å². The maximum absolute atomic E-state index is 14.1. The fourth-order valence-corrected chi connectivity index (χ4v) is 6.15. The number of carbonyl (C=O) groups excluding carboxylic acids is 2. The van der Waals surface area contributed by atoms with Crippen molar-refractivity contribution in [2.24, 2.45) is 0 Å². The first-order valence-corrected chi connectivity index (χ1v) is 15.3. The molecule has 3 rings (SSSR count). The Morgan fingerprint density at radius 3 is 2.23 bits per heavy atom. The molecule has 7 nitrogen and oxygen atoms in total. The van der Waals surface area contributed by atoms with Gasteiger partial charge in [0.15, 0.2) is 0 Å². The van der Waals surface area contributed by atoms with Crippen LogP contribution in [0, 0.1) is 20.8 Å². The molecule has 2 amide bonds. The number of halogens is 1. The predicted molar refractivity (Wildman–Crippen MR) is 161 cm³/mol. The lowest BCUT2D eigenvalue weighted by molar-refractivity contribution is -0.140. The Morgan fingerprint density at radius 2 is 1.60 bits per heavy atom. The smallest absolute Gasteiger partial charge is 0.264 e. The third-order valence-corrected chi connectivity index (χ3v) is 8.95. The highest BCUT2D eigenvalue weighted by Crippen LogP contribution is 2.31. The number of anilines is 1. The van der Waals surface area contributed by atoms with Gasteiger partial charge in [-0.25, -0.2) is 8.42 Å². The Bertz CT molecular complexity index is 1440. The zero-order valence-corrected chi connectivity index (χ0v) is 25.3. The molecule has 1 unspecified atom stereocenters. The predicted octanol–water partition coefficient (Wildman–Crippen LogP) is 5.79. The highest BCUT2D eigenvalue weighted by Gasteiger charge is 2.34. The van der Waals surface area contributed by atoms with Crippen LogP contribution in [0.1, 0.15) is 48.9 Å². The molecule has 0 heterocycles. The number of rotatable bonds is 12. The van der Waals surface area contributed by atoms with Crippen LogP contribution in [0.15, 0.2) is 71.6 Å². The average Bonchev–Trinajstić information content (AvgIpc) is 2.92. The summed E-state index contributed by atoms with van der Waals surface area (Å²) in [5.41, 5.74) is 3.62. The van der Waals surface area contributed by atoms with Gasteiger partial charge < -0.3 is 10.2 Å². The molecule has 0 aliphatic heterocycles. The van der Waals surface area contributed by atoms with E-state index in [2.05, 4.69) is 5.32 Å². The van der Waals surface area contributed by atoms with E-state index >= 15 is 0 Å². The number of carbonyl (C=O) groups is 2. The van der Waals surface area contributed by atoms with E-state index in [1.165, 1.54) is 17.0 Å². The van der Waals surface area contributed by atoms with Crippen molar-refractivity contribution >= 4 is 39.1 Å². The SMILES string of the molecule is CCCNC(=O)C(CC)N(Cc1cccc(C)c1)C(=O)CN(c1cccc(Cl)c1C)S(=O)(=O)c1ccc(C)cc1. The number of aryl methyl sites for hydroxylation is 2. The van der Waals surface area contributed by atoms with Crippen LogP contribution in [0.2, 0.25) is 5.02 Å². The summed E-state index contributed by atoms with van der Waals surface area (Å²) < 4.78 is 29.1. The van der Waals surface area contributed by atoms with E-state index in [4.69, 9.17) is 11.6 Å². The Kier molecular flexibility index (Phi) is 10.8. The van der Waals surface area contributed by atoms with Crippen molar-refractivity contribution in [3.63, 3.8) is 0 Å². The summed E-state index contributed by atoms with van der Waals surface area (Å²) in [4.78, 5) is 28.9. The summed E-state index contributed by atoms with van der Waals surface area (Å²) in [5, 5.41) is 3.28. The Morgan fingerprint density at radius 1 is 0.925 bits per heavy atom. The first-order chi connectivity index (χ1) is 19.0. The van der Waals surface area contributed by atoms with Gasteiger partial charge in [0.05, 0.1) is 10.6 Å². The minimum Gasteiger partial charge on any atom is -0.354 e. The quantitative estimate of drug-likeness (QED) is 0.292. The summed E-state index contributed by atoms with van der Waals surface area (Å²) in [6.07, 6.45) is 1.12. The van der Waals surface area contributed by atoms with Gasteiger partial charge in [-0.2, -0.15) is 0 Å². The maximum Gasteiger partial charge on any atom is 0.264 e. The van der Waals surface area contributed by atoms with E-state index in [1.807, 2.05) is 52.0 Å². The highest BCUT2D eigenvalue weighted by molar-refractivity contribution is 7.92. The highest BCUT2D eigenvalue weighted by atomic mass is 35.5.